The minimum Gasteiger partial charge on any atom is -0.355 e. The van der Waals surface area contributed by atoms with Gasteiger partial charge in [0.15, 0.2) is 0 Å². The number of benzene rings is 4. The van der Waals surface area contributed by atoms with Crippen LogP contribution in [0.25, 0.3) is 22.3 Å². The van der Waals surface area contributed by atoms with Gasteiger partial charge in [-0.1, -0.05) is 84.4 Å². The molecule has 0 saturated heterocycles. The Hall–Kier alpha value is -3.03. The molecule has 0 atom stereocenters. The number of hydrogen-bond donors (Lipinski definition) is 1. The van der Waals surface area contributed by atoms with Crippen LogP contribution in [-0.4, -0.2) is 0 Å². The van der Waals surface area contributed by atoms with Crippen molar-refractivity contribution in [3.63, 3.8) is 0 Å². The lowest BCUT2D eigenvalue weighted by Gasteiger charge is -2.13. The van der Waals surface area contributed by atoms with Crippen molar-refractivity contribution < 1.29 is 0 Å². The van der Waals surface area contributed by atoms with Gasteiger partial charge in [0.2, 0.25) is 0 Å². The fourth-order valence-electron chi connectivity index (χ4n) is 3.06. The molecule has 0 fully saturated rings. The van der Waals surface area contributed by atoms with Crippen LogP contribution in [0, 0.1) is 0 Å². The molecule has 0 aliphatic rings. The Bertz CT molecular complexity index is 1020. The van der Waals surface area contributed by atoms with Crippen molar-refractivity contribution in [1.82, 2.24) is 0 Å². The van der Waals surface area contributed by atoms with Gasteiger partial charge in [0.05, 0.1) is 0 Å². The lowest BCUT2D eigenvalue weighted by atomic mass is 10.0. The van der Waals surface area contributed by atoms with Crippen molar-refractivity contribution in [3.8, 4) is 22.3 Å². The molecule has 0 aliphatic heterocycles. The van der Waals surface area contributed by atoms with E-state index < -0.39 is 0 Å². The van der Waals surface area contributed by atoms with E-state index in [-0.39, 0.29) is 0 Å². The summed E-state index contributed by atoms with van der Waals surface area (Å²) in [5.74, 6) is 0. The summed E-state index contributed by atoms with van der Waals surface area (Å²) in [6, 6.07) is 35.1. The molecule has 4 aromatic carbocycles. The molecule has 0 radical (unpaired) electrons. The number of nitrogens with one attached hydrogen (secondary N) is 1. The maximum absolute atomic E-state index is 6.18. The maximum Gasteiger partial charge on any atom is 0.0463 e. The Kier molecular flexibility index (Phi) is 4.72. The van der Waals surface area contributed by atoms with E-state index in [1.165, 1.54) is 11.1 Å². The summed E-state index contributed by atoms with van der Waals surface area (Å²) in [5, 5.41) is 4.30. The smallest absolute Gasteiger partial charge is 0.0463 e. The summed E-state index contributed by atoms with van der Waals surface area (Å²) >= 11 is 6.18. The van der Waals surface area contributed by atoms with Crippen LogP contribution >= 0.6 is 11.6 Å². The van der Waals surface area contributed by atoms with Gasteiger partial charge in [0.25, 0.3) is 0 Å². The average Bonchev–Trinajstić information content (AvgIpc) is 2.69. The van der Waals surface area contributed by atoms with Crippen LogP contribution in [0.15, 0.2) is 103 Å². The minimum atomic E-state index is 0.739. The molecule has 1 N–H and O–H groups in total. The molecule has 1 nitrogen and oxygen atoms in total. The zero-order valence-corrected chi connectivity index (χ0v) is 14.9. The van der Waals surface area contributed by atoms with E-state index in [1.54, 1.807) is 0 Å². The van der Waals surface area contributed by atoms with Crippen molar-refractivity contribution >= 4 is 23.0 Å². The predicted octanol–water partition coefficient (Wildman–Crippen LogP) is 7.42. The quantitative estimate of drug-likeness (QED) is 0.401. The third-order valence-electron chi connectivity index (χ3n) is 4.31. The summed E-state index contributed by atoms with van der Waals surface area (Å²) in [6.07, 6.45) is 0. The topological polar surface area (TPSA) is 12.0 Å². The molecule has 0 amide bonds. The first-order valence-corrected chi connectivity index (χ1v) is 8.95. The van der Waals surface area contributed by atoms with Gasteiger partial charge >= 0.3 is 0 Å². The lowest BCUT2D eigenvalue weighted by Crippen LogP contribution is -1.93. The van der Waals surface area contributed by atoms with E-state index >= 15 is 0 Å². The van der Waals surface area contributed by atoms with Gasteiger partial charge in [-0.25, -0.2) is 0 Å². The van der Waals surface area contributed by atoms with E-state index in [2.05, 4.69) is 72.0 Å². The highest BCUT2D eigenvalue weighted by atomic mass is 35.5. The van der Waals surface area contributed by atoms with Gasteiger partial charge < -0.3 is 5.32 Å². The van der Waals surface area contributed by atoms with E-state index in [4.69, 9.17) is 11.6 Å². The van der Waals surface area contributed by atoms with Crippen LogP contribution in [0.3, 0.4) is 0 Å². The fraction of sp³-hybridized carbons (Fsp3) is 0. The summed E-state index contributed by atoms with van der Waals surface area (Å²) in [6.45, 7) is 0. The fourth-order valence-corrected chi connectivity index (χ4v) is 3.25. The normalized spacial score (nSPS) is 10.5. The van der Waals surface area contributed by atoms with Crippen LogP contribution in [0.5, 0.6) is 0 Å². The maximum atomic E-state index is 6.18. The molecule has 26 heavy (non-hydrogen) atoms. The van der Waals surface area contributed by atoms with Gasteiger partial charge in [-0.2, -0.15) is 0 Å². The van der Waals surface area contributed by atoms with E-state index in [0.29, 0.717) is 0 Å². The Morgan fingerprint density at radius 3 is 2.08 bits per heavy atom. The molecule has 4 aromatic rings. The summed E-state index contributed by atoms with van der Waals surface area (Å²) in [5.41, 5.74) is 6.73. The zero-order chi connectivity index (χ0) is 17.8. The Labute approximate surface area is 158 Å². The molecule has 0 aromatic heterocycles. The van der Waals surface area contributed by atoms with Crippen molar-refractivity contribution in [2.45, 2.75) is 0 Å². The van der Waals surface area contributed by atoms with Crippen molar-refractivity contribution in [1.29, 1.82) is 0 Å². The number of hydrogen-bond acceptors (Lipinski definition) is 1. The van der Waals surface area contributed by atoms with Gasteiger partial charge in [-0.15, -0.1) is 0 Å². The Morgan fingerprint density at radius 1 is 0.538 bits per heavy atom. The Balaban J connectivity index is 1.69. The van der Waals surface area contributed by atoms with Gasteiger partial charge in [0.1, 0.15) is 0 Å². The minimum absolute atomic E-state index is 0.739. The van der Waals surface area contributed by atoms with Crippen LogP contribution in [-0.2, 0) is 0 Å². The van der Waals surface area contributed by atoms with Crippen LogP contribution in [0.4, 0.5) is 11.4 Å². The monoisotopic (exact) mass is 355 g/mol. The van der Waals surface area contributed by atoms with E-state index in [1.807, 2.05) is 36.4 Å². The number of halogens is 1. The second kappa shape index (κ2) is 7.47. The Morgan fingerprint density at radius 2 is 1.23 bits per heavy atom. The molecule has 4 rings (SSSR count). The molecule has 0 aliphatic carbocycles. The number of anilines is 2. The second-order valence-corrected chi connectivity index (χ2v) is 6.56. The van der Waals surface area contributed by atoms with Crippen molar-refractivity contribution in [2.24, 2.45) is 0 Å². The highest BCUT2D eigenvalue weighted by molar-refractivity contribution is 6.30. The first kappa shape index (κ1) is 16.4. The highest BCUT2D eigenvalue weighted by Gasteiger charge is 2.06. The molecular formula is C24H18ClN. The second-order valence-electron chi connectivity index (χ2n) is 6.13. The first-order chi connectivity index (χ1) is 12.8. The molecule has 0 spiro atoms. The van der Waals surface area contributed by atoms with Crippen molar-refractivity contribution in [3.05, 3.63) is 108 Å². The highest BCUT2D eigenvalue weighted by Crippen LogP contribution is 2.32. The predicted molar refractivity (Wildman–Crippen MR) is 112 cm³/mol. The van der Waals surface area contributed by atoms with Crippen LogP contribution < -0.4 is 5.32 Å². The van der Waals surface area contributed by atoms with Crippen LogP contribution in [0.1, 0.15) is 0 Å². The third-order valence-corrected chi connectivity index (χ3v) is 4.55. The third kappa shape index (κ3) is 3.63. The largest absolute Gasteiger partial charge is 0.355 e. The molecule has 0 saturated carbocycles. The molecule has 0 bridgehead atoms. The van der Waals surface area contributed by atoms with E-state index in [9.17, 15) is 0 Å². The molecule has 126 valence electrons. The number of para-hydroxylation sites is 1. The van der Waals surface area contributed by atoms with E-state index in [0.717, 1.165) is 27.5 Å². The SMILES string of the molecule is Clc1cccc(-c2ccccc2Nc2cccc(-c3ccccc3)c2)c1. The zero-order valence-electron chi connectivity index (χ0n) is 14.2. The standard InChI is InChI=1S/C24H18ClN/c25-21-12-6-11-20(16-21)23-14-4-5-15-24(23)26-22-13-7-10-19(17-22)18-8-2-1-3-9-18/h1-17,26H. The first-order valence-electron chi connectivity index (χ1n) is 8.57. The van der Waals surface area contributed by atoms with Gasteiger partial charge in [-0.3, -0.25) is 0 Å². The van der Waals surface area contributed by atoms with Crippen molar-refractivity contribution in [2.75, 3.05) is 5.32 Å². The summed E-state index contributed by atoms with van der Waals surface area (Å²) < 4.78 is 0. The lowest BCUT2D eigenvalue weighted by molar-refractivity contribution is 1.52. The summed E-state index contributed by atoms with van der Waals surface area (Å²) in [4.78, 5) is 0. The molecule has 0 heterocycles. The van der Waals surface area contributed by atoms with Crippen LogP contribution in [0.2, 0.25) is 5.02 Å². The number of rotatable bonds is 4. The molecular weight excluding hydrogens is 338 g/mol. The molecule has 0 unspecified atom stereocenters. The van der Waals surface area contributed by atoms with Gasteiger partial charge in [-0.05, 0) is 47.0 Å². The van der Waals surface area contributed by atoms with Gasteiger partial charge in [0, 0.05) is 22.0 Å². The molecule has 2 heteroatoms. The summed E-state index contributed by atoms with van der Waals surface area (Å²) in [7, 11) is 0. The average molecular weight is 356 g/mol.